The van der Waals surface area contributed by atoms with Crippen LogP contribution in [0.1, 0.15) is 6.23 Å². The summed E-state index contributed by atoms with van der Waals surface area (Å²) in [7, 11) is 3.43. The summed E-state index contributed by atoms with van der Waals surface area (Å²) in [6, 6.07) is 0. The number of nitrogens with one attached hydrogen (secondary N) is 1. The lowest BCUT2D eigenvalue weighted by Gasteiger charge is -2.21. The Morgan fingerprint density at radius 3 is 2.73 bits per heavy atom. The smallest absolute Gasteiger partial charge is 0.278 e. The van der Waals surface area contributed by atoms with Crippen molar-refractivity contribution in [1.29, 1.82) is 0 Å². The molecule has 0 unspecified atom stereocenters. The fourth-order valence-corrected chi connectivity index (χ4v) is 2.55. The van der Waals surface area contributed by atoms with Crippen molar-refractivity contribution in [2.75, 3.05) is 25.6 Å². The van der Waals surface area contributed by atoms with Crippen molar-refractivity contribution in [3.05, 3.63) is 16.7 Å². The lowest BCUT2D eigenvalue weighted by atomic mass is 10.1. The minimum Gasteiger partial charge on any atom is -0.394 e. The zero-order chi connectivity index (χ0) is 16.0. The van der Waals surface area contributed by atoms with Gasteiger partial charge < -0.3 is 29.9 Å². The molecule has 0 spiro atoms. The predicted molar refractivity (Wildman–Crippen MR) is 75.5 cm³/mol. The molecule has 2 aromatic rings. The molecule has 22 heavy (non-hydrogen) atoms. The molecule has 0 amide bonds. The van der Waals surface area contributed by atoms with Crippen LogP contribution in [-0.2, 0) is 4.74 Å². The Bertz CT molecular complexity index is 741. The van der Waals surface area contributed by atoms with Crippen molar-refractivity contribution in [2.24, 2.45) is 0 Å². The minimum atomic E-state index is -1.28. The van der Waals surface area contributed by atoms with Crippen LogP contribution in [0, 0.1) is 0 Å². The monoisotopic (exact) mass is 311 g/mol. The molecule has 3 rings (SSSR count). The number of aromatic nitrogens is 4. The van der Waals surface area contributed by atoms with E-state index in [4.69, 9.17) is 4.74 Å². The highest BCUT2D eigenvalue weighted by Crippen LogP contribution is 2.34. The number of hydrogen-bond acceptors (Lipinski definition) is 8. The maximum absolute atomic E-state index is 11.9. The van der Waals surface area contributed by atoms with Crippen molar-refractivity contribution >= 4 is 17.1 Å². The molecule has 4 atom stereocenters. The van der Waals surface area contributed by atoms with Crippen LogP contribution in [0.3, 0.4) is 0 Å². The highest BCUT2D eigenvalue weighted by Gasteiger charge is 2.45. The van der Waals surface area contributed by atoms with Gasteiger partial charge in [-0.1, -0.05) is 0 Å². The molecular formula is C12H17N5O5. The number of aliphatic hydroxyl groups excluding tert-OH is 3. The van der Waals surface area contributed by atoms with Crippen LogP contribution in [0.15, 0.2) is 11.1 Å². The van der Waals surface area contributed by atoms with Crippen molar-refractivity contribution in [3.63, 3.8) is 0 Å². The summed E-state index contributed by atoms with van der Waals surface area (Å²) in [6.07, 6.45) is -3.24. The Kier molecular flexibility index (Phi) is 3.60. The Morgan fingerprint density at radius 1 is 1.41 bits per heavy atom. The third-order valence-electron chi connectivity index (χ3n) is 3.64. The van der Waals surface area contributed by atoms with E-state index >= 15 is 0 Å². The summed E-state index contributed by atoms with van der Waals surface area (Å²) in [5.74, 6) is 0.342. The number of aromatic amines is 1. The van der Waals surface area contributed by atoms with E-state index in [0.717, 1.165) is 0 Å². The molecule has 10 heteroatoms. The number of hydrogen-bond donors (Lipinski definition) is 4. The number of anilines is 1. The highest BCUT2D eigenvalue weighted by atomic mass is 16.6. The van der Waals surface area contributed by atoms with Crippen LogP contribution in [0.5, 0.6) is 0 Å². The third-order valence-corrected chi connectivity index (χ3v) is 3.64. The largest absolute Gasteiger partial charge is 0.394 e. The van der Waals surface area contributed by atoms with Crippen molar-refractivity contribution in [3.8, 4) is 0 Å². The maximum Gasteiger partial charge on any atom is 0.278 e. The first-order chi connectivity index (χ1) is 10.5. The van der Waals surface area contributed by atoms with Crippen LogP contribution < -0.4 is 10.5 Å². The van der Waals surface area contributed by atoms with Gasteiger partial charge in [-0.15, -0.1) is 0 Å². The Labute approximate surface area is 124 Å². The Morgan fingerprint density at radius 2 is 2.14 bits per heavy atom. The average molecular weight is 311 g/mol. The number of nitrogens with zero attached hydrogens (tertiary/aromatic N) is 4. The number of imidazole rings is 1. The van der Waals surface area contributed by atoms with E-state index in [1.807, 2.05) is 0 Å². The highest BCUT2D eigenvalue weighted by molar-refractivity contribution is 5.73. The zero-order valence-electron chi connectivity index (χ0n) is 12.0. The first-order valence-electron chi connectivity index (χ1n) is 6.71. The van der Waals surface area contributed by atoms with Gasteiger partial charge in [0.1, 0.15) is 18.3 Å². The first kappa shape index (κ1) is 14.9. The molecule has 4 N–H and O–H groups in total. The van der Waals surface area contributed by atoms with Crippen molar-refractivity contribution < 1.29 is 20.1 Å². The molecule has 0 radical (unpaired) electrons. The quantitative estimate of drug-likeness (QED) is 0.501. The second-order valence-corrected chi connectivity index (χ2v) is 5.31. The molecule has 3 heterocycles. The minimum absolute atomic E-state index is 0.101. The topological polar surface area (TPSA) is 137 Å². The fourth-order valence-electron chi connectivity index (χ4n) is 2.55. The first-order valence-corrected chi connectivity index (χ1v) is 6.71. The van der Waals surface area contributed by atoms with Gasteiger partial charge in [-0.3, -0.25) is 9.36 Å². The lowest BCUT2D eigenvalue weighted by molar-refractivity contribution is -0.0503. The maximum atomic E-state index is 11.9. The van der Waals surface area contributed by atoms with Gasteiger partial charge in [0.05, 0.1) is 12.9 Å². The van der Waals surface area contributed by atoms with E-state index in [0.29, 0.717) is 5.95 Å². The standard InChI is InChI=1S/C12H17N5O5/c1-16(2)12-15-6-9(13-4-14-10(6)21)17(12)11-8(20)7(19)5(3-18)22-11/h4-5,7-8,11,18-20H,3H2,1-2H3,(H,13,14,21)/t5-,7+,8-,11+/m0/s1. The van der Waals surface area contributed by atoms with Gasteiger partial charge in [0.15, 0.2) is 17.4 Å². The summed E-state index contributed by atoms with van der Waals surface area (Å²) in [6.45, 7) is -0.438. The molecule has 2 aromatic heterocycles. The van der Waals surface area contributed by atoms with Crippen LogP contribution in [0.2, 0.25) is 0 Å². The summed E-state index contributed by atoms with van der Waals surface area (Å²) in [5, 5.41) is 29.3. The second-order valence-electron chi connectivity index (χ2n) is 5.31. The lowest BCUT2D eigenvalue weighted by Crippen LogP contribution is -2.33. The Balaban J connectivity index is 2.19. The van der Waals surface area contributed by atoms with Crippen LogP contribution in [-0.4, -0.2) is 73.9 Å². The zero-order valence-corrected chi connectivity index (χ0v) is 12.0. The van der Waals surface area contributed by atoms with Gasteiger partial charge in [0, 0.05) is 14.1 Å². The van der Waals surface area contributed by atoms with E-state index in [2.05, 4.69) is 15.0 Å². The predicted octanol–water partition coefficient (Wildman–Crippen LogP) is -2.20. The number of aliphatic hydroxyl groups is 3. The summed E-state index contributed by atoms with van der Waals surface area (Å²) in [5.41, 5.74) is -0.0928. The molecule has 0 bridgehead atoms. The molecule has 120 valence electrons. The number of fused-ring (bicyclic) bond motifs is 1. The van der Waals surface area contributed by atoms with Crippen molar-refractivity contribution in [1.82, 2.24) is 19.5 Å². The normalized spacial score (nSPS) is 28.4. The number of H-pyrrole nitrogens is 1. The van der Waals surface area contributed by atoms with E-state index < -0.39 is 36.7 Å². The molecule has 1 aliphatic heterocycles. The summed E-state index contributed by atoms with van der Waals surface area (Å²) in [4.78, 5) is 24.2. The van der Waals surface area contributed by atoms with Gasteiger partial charge >= 0.3 is 0 Å². The average Bonchev–Trinajstić information content (AvgIpc) is 3.00. The molecule has 0 saturated carbocycles. The summed E-state index contributed by atoms with van der Waals surface area (Å²) >= 11 is 0. The van der Waals surface area contributed by atoms with Crippen LogP contribution >= 0.6 is 0 Å². The van der Waals surface area contributed by atoms with Crippen LogP contribution in [0.4, 0.5) is 5.95 Å². The second kappa shape index (κ2) is 5.32. The van der Waals surface area contributed by atoms with Crippen LogP contribution in [0.25, 0.3) is 11.2 Å². The van der Waals surface area contributed by atoms with E-state index in [1.54, 1.807) is 19.0 Å². The molecule has 0 aliphatic carbocycles. The molecule has 0 aromatic carbocycles. The molecule has 1 fully saturated rings. The van der Waals surface area contributed by atoms with Gasteiger partial charge in [0.25, 0.3) is 5.56 Å². The van der Waals surface area contributed by atoms with E-state index in [1.165, 1.54) is 10.9 Å². The van der Waals surface area contributed by atoms with Gasteiger partial charge in [-0.25, -0.2) is 9.97 Å². The third kappa shape index (κ3) is 2.08. The Hall–Kier alpha value is -2.01. The van der Waals surface area contributed by atoms with E-state index in [9.17, 15) is 20.1 Å². The molecule has 10 nitrogen and oxygen atoms in total. The van der Waals surface area contributed by atoms with E-state index in [-0.39, 0.29) is 11.2 Å². The summed E-state index contributed by atoms with van der Waals surface area (Å²) < 4.78 is 6.95. The molecular weight excluding hydrogens is 294 g/mol. The molecule has 1 saturated heterocycles. The van der Waals surface area contributed by atoms with Crippen molar-refractivity contribution in [2.45, 2.75) is 24.5 Å². The number of rotatable bonds is 3. The van der Waals surface area contributed by atoms with Gasteiger partial charge in [0.2, 0.25) is 5.95 Å². The number of ether oxygens (including phenoxy) is 1. The molecule has 1 aliphatic rings. The van der Waals surface area contributed by atoms with Gasteiger partial charge in [-0.05, 0) is 0 Å². The SMILES string of the molecule is CN(C)c1nc2c(=O)[nH]cnc2n1[C@@H]1O[C@@H](CO)[C@@H](O)[C@@H]1O. The fraction of sp³-hybridized carbons (Fsp3) is 0.583. The van der Waals surface area contributed by atoms with Gasteiger partial charge in [-0.2, -0.15) is 0 Å².